The van der Waals surface area contributed by atoms with Gasteiger partial charge < -0.3 is 0 Å². The normalized spacial score (nSPS) is 12.9. The molecule has 8 aromatic rings. The summed E-state index contributed by atoms with van der Waals surface area (Å²) in [5.41, 5.74) is 13.0. The van der Waals surface area contributed by atoms with E-state index in [2.05, 4.69) is 149 Å². The average Bonchev–Trinajstić information content (AvgIpc) is 3.45. The fraction of sp³-hybridized carbons (Fsp3) is 0.120. The van der Waals surface area contributed by atoms with Gasteiger partial charge in [-0.15, -0.1) is 0 Å². The van der Waals surface area contributed by atoms with E-state index >= 15 is 0 Å². The van der Waals surface area contributed by atoms with E-state index in [1.54, 1.807) is 0 Å². The van der Waals surface area contributed by atoms with Gasteiger partial charge in [-0.2, -0.15) is 5.26 Å². The van der Waals surface area contributed by atoms with Crippen LogP contribution in [0.4, 0.5) is 0 Å². The van der Waals surface area contributed by atoms with Crippen molar-refractivity contribution in [3.05, 3.63) is 168 Å². The van der Waals surface area contributed by atoms with E-state index in [9.17, 15) is 5.26 Å². The van der Waals surface area contributed by atoms with Crippen molar-refractivity contribution in [1.29, 1.82) is 5.26 Å². The maximum absolute atomic E-state index is 9.28. The molecule has 0 bridgehead atoms. The maximum atomic E-state index is 9.28. The Hall–Kier alpha value is -6.48. The molecule has 0 saturated heterocycles. The van der Waals surface area contributed by atoms with Crippen LogP contribution in [-0.4, -0.2) is 23.0 Å². The van der Waals surface area contributed by atoms with Gasteiger partial charge in [0.1, 0.15) is 0 Å². The van der Waals surface area contributed by atoms with Crippen LogP contribution in [-0.2, 0) is 5.41 Å². The number of nitriles is 1. The monoisotopic (exact) mass is 724 g/mol. The van der Waals surface area contributed by atoms with Crippen molar-refractivity contribution in [2.75, 3.05) is 0 Å². The largest absolute Gasteiger partial charge is 0.208 e. The van der Waals surface area contributed by atoms with Crippen LogP contribution < -0.4 is 5.19 Å². The van der Waals surface area contributed by atoms with Gasteiger partial charge in [0.05, 0.1) is 19.7 Å². The lowest BCUT2D eigenvalue weighted by atomic mass is 9.81. The van der Waals surface area contributed by atoms with Crippen LogP contribution >= 0.6 is 0 Å². The topological polar surface area (TPSA) is 62.5 Å². The molecule has 0 atom stereocenters. The first kappa shape index (κ1) is 34.3. The Morgan fingerprint density at radius 3 is 1.75 bits per heavy atom. The summed E-state index contributed by atoms with van der Waals surface area (Å²) < 4.78 is 0. The van der Waals surface area contributed by atoms with Crippen molar-refractivity contribution >= 4 is 24.0 Å². The fourth-order valence-electron chi connectivity index (χ4n) is 7.89. The van der Waals surface area contributed by atoms with Gasteiger partial charge in [-0.3, -0.25) is 0 Å². The summed E-state index contributed by atoms with van der Waals surface area (Å²) in [6.07, 6.45) is 0. The summed E-state index contributed by atoms with van der Waals surface area (Å²) in [7, 11) is -1.43. The zero-order valence-corrected chi connectivity index (χ0v) is 32.7. The van der Waals surface area contributed by atoms with Crippen LogP contribution in [0, 0.1) is 11.3 Å². The number of nitrogens with zero attached hydrogens (tertiary/aromatic N) is 4. The number of benzene rings is 7. The molecule has 0 amide bonds. The smallest absolute Gasteiger partial charge is 0.164 e. The first-order chi connectivity index (χ1) is 26.5. The van der Waals surface area contributed by atoms with Crippen LogP contribution in [0.25, 0.3) is 78.3 Å². The molecule has 0 unspecified atom stereocenters. The predicted molar refractivity (Wildman–Crippen MR) is 230 cm³/mol. The van der Waals surface area contributed by atoms with Crippen LogP contribution in [0.15, 0.2) is 152 Å². The molecular weight excluding hydrogens is 685 g/mol. The molecule has 4 nitrogen and oxygen atoms in total. The summed E-state index contributed by atoms with van der Waals surface area (Å²) in [5, 5.41) is 13.1. The van der Waals surface area contributed by atoms with Gasteiger partial charge in [0, 0.05) is 22.1 Å². The zero-order valence-electron chi connectivity index (χ0n) is 31.7. The first-order valence-electron chi connectivity index (χ1n) is 18.8. The highest BCUT2D eigenvalue weighted by Crippen LogP contribution is 2.50. The summed E-state index contributed by atoms with van der Waals surface area (Å²) in [6, 6.07) is 55.8. The second kappa shape index (κ2) is 13.1. The lowest BCUT2D eigenvalue weighted by Crippen LogP contribution is -2.37. The number of fused-ring (bicyclic) bond motifs is 4. The molecule has 1 aromatic heterocycles. The van der Waals surface area contributed by atoms with Crippen LogP contribution in [0.1, 0.15) is 30.5 Å². The van der Waals surface area contributed by atoms with Crippen molar-refractivity contribution in [2.45, 2.75) is 38.9 Å². The van der Waals surface area contributed by atoms with E-state index in [0.29, 0.717) is 23.0 Å². The number of aromatic nitrogens is 3. The molecule has 264 valence electrons. The van der Waals surface area contributed by atoms with Gasteiger partial charge in [-0.05, 0) is 91.7 Å². The SMILES string of the molecule is CC1(C)c2ccc(-c3cccc(-c4nc(-c5ccccc5)nc(-c5ccc6cc([Si](C)(C)C)ccc6c5)n4)c3)cc2-c2ccc(-c3ccc(C#N)cc3)cc21. The third-order valence-corrected chi connectivity index (χ3v) is 13.2. The molecule has 0 aliphatic heterocycles. The quantitative estimate of drug-likeness (QED) is 0.160. The Kier molecular flexibility index (Phi) is 8.18. The minimum Gasteiger partial charge on any atom is -0.208 e. The van der Waals surface area contributed by atoms with Crippen LogP contribution in [0.3, 0.4) is 0 Å². The van der Waals surface area contributed by atoms with Crippen LogP contribution in [0.5, 0.6) is 0 Å². The van der Waals surface area contributed by atoms with Gasteiger partial charge in [-0.25, -0.2) is 15.0 Å². The summed E-state index contributed by atoms with van der Waals surface area (Å²) in [4.78, 5) is 15.2. The highest BCUT2D eigenvalue weighted by molar-refractivity contribution is 6.88. The van der Waals surface area contributed by atoms with Gasteiger partial charge >= 0.3 is 0 Å². The molecule has 0 spiro atoms. The van der Waals surface area contributed by atoms with E-state index in [1.807, 2.05) is 42.5 Å². The summed E-state index contributed by atoms with van der Waals surface area (Å²) in [5.74, 6) is 1.95. The van der Waals surface area contributed by atoms with Gasteiger partial charge in [0.25, 0.3) is 0 Å². The average molecular weight is 725 g/mol. The third-order valence-electron chi connectivity index (χ3n) is 11.1. The van der Waals surface area contributed by atoms with E-state index in [0.717, 1.165) is 38.9 Å². The molecule has 0 N–H and O–H groups in total. The predicted octanol–water partition coefficient (Wildman–Crippen LogP) is 12.1. The van der Waals surface area contributed by atoms with E-state index in [1.165, 1.54) is 38.2 Å². The molecule has 0 fully saturated rings. The van der Waals surface area contributed by atoms with Gasteiger partial charge in [-0.1, -0.05) is 154 Å². The molecule has 7 aromatic carbocycles. The highest BCUT2D eigenvalue weighted by Gasteiger charge is 2.35. The van der Waals surface area contributed by atoms with Crippen LogP contribution in [0.2, 0.25) is 19.6 Å². The molecule has 1 aliphatic rings. The molecule has 5 heteroatoms. The zero-order chi connectivity index (χ0) is 37.9. The van der Waals surface area contributed by atoms with Gasteiger partial charge in [0.15, 0.2) is 17.5 Å². The molecular formula is C50H40N4Si. The Morgan fingerprint density at radius 2 is 1.02 bits per heavy atom. The second-order valence-corrected chi connectivity index (χ2v) is 21.2. The Labute approximate surface area is 323 Å². The number of hydrogen-bond donors (Lipinski definition) is 0. The Bertz CT molecular complexity index is 2830. The Morgan fingerprint density at radius 1 is 0.455 bits per heavy atom. The molecule has 55 heavy (non-hydrogen) atoms. The van der Waals surface area contributed by atoms with Crippen molar-refractivity contribution in [3.63, 3.8) is 0 Å². The lowest BCUT2D eigenvalue weighted by molar-refractivity contribution is 0.660. The second-order valence-electron chi connectivity index (χ2n) is 16.1. The third kappa shape index (κ3) is 6.25. The van der Waals surface area contributed by atoms with Crippen molar-refractivity contribution < 1.29 is 0 Å². The lowest BCUT2D eigenvalue weighted by Gasteiger charge is -2.22. The first-order valence-corrected chi connectivity index (χ1v) is 22.3. The summed E-state index contributed by atoms with van der Waals surface area (Å²) in [6.45, 7) is 11.8. The minimum atomic E-state index is -1.43. The maximum Gasteiger partial charge on any atom is 0.164 e. The number of hydrogen-bond acceptors (Lipinski definition) is 4. The minimum absolute atomic E-state index is 0.151. The fourth-order valence-corrected chi connectivity index (χ4v) is 9.06. The number of rotatable bonds is 6. The summed E-state index contributed by atoms with van der Waals surface area (Å²) >= 11 is 0. The van der Waals surface area contributed by atoms with E-state index in [-0.39, 0.29) is 5.41 Å². The van der Waals surface area contributed by atoms with E-state index in [4.69, 9.17) is 15.0 Å². The molecule has 9 rings (SSSR count). The highest BCUT2D eigenvalue weighted by atomic mass is 28.3. The van der Waals surface area contributed by atoms with Gasteiger partial charge in [0.2, 0.25) is 0 Å². The van der Waals surface area contributed by atoms with E-state index < -0.39 is 8.07 Å². The Balaban J connectivity index is 1.10. The van der Waals surface area contributed by atoms with Crippen molar-refractivity contribution in [2.24, 2.45) is 0 Å². The molecule has 0 saturated carbocycles. The van der Waals surface area contributed by atoms with Crippen molar-refractivity contribution in [1.82, 2.24) is 15.0 Å². The molecule has 1 heterocycles. The molecule has 1 aliphatic carbocycles. The molecule has 0 radical (unpaired) electrons. The standard InChI is InChI=1S/C50H40N4Si/c1-50(2)45-25-22-38(29-44(45)43-24-21-39(30-46(43)50)33-16-14-32(31-51)15-17-33)35-12-9-13-40(26-35)48-52-47(34-10-7-6-8-11-34)53-49(54-48)41-19-18-37-28-42(55(3,4)5)23-20-36(37)27-41/h6-30H,1-5H3. The van der Waals surface area contributed by atoms with Crippen molar-refractivity contribution in [3.8, 4) is 73.6 Å².